The lowest BCUT2D eigenvalue weighted by atomic mass is 10.2. The summed E-state index contributed by atoms with van der Waals surface area (Å²) in [7, 11) is 0. The summed E-state index contributed by atoms with van der Waals surface area (Å²) < 4.78 is 0. The molecule has 0 saturated carbocycles. The number of carbonyl (C=O) groups is 1. The Morgan fingerprint density at radius 1 is 1.64 bits per heavy atom. The molecule has 1 saturated heterocycles. The van der Waals surface area contributed by atoms with Crippen LogP contribution in [0.5, 0.6) is 0 Å². The number of aliphatic hydroxyl groups excluding tert-OH is 1. The second-order valence-electron chi connectivity index (χ2n) is 4.17. The van der Waals surface area contributed by atoms with E-state index in [-0.39, 0.29) is 24.5 Å². The molecule has 1 aliphatic heterocycles. The fourth-order valence-corrected chi connectivity index (χ4v) is 1.66. The molecule has 1 rings (SSSR count). The molecule has 0 spiro atoms. The summed E-state index contributed by atoms with van der Waals surface area (Å²) in [6.45, 7) is 6.56. The number of nitrogens with one attached hydrogen (secondary N) is 1. The van der Waals surface area contributed by atoms with Crippen LogP contribution in [0.15, 0.2) is 0 Å². The Labute approximate surface area is 85.3 Å². The lowest BCUT2D eigenvalue weighted by molar-refractivity contribution is -0.124. The molecular weight excluding hydrogens is 180 g/mol. The molecule has 1 heterocycles. The highest BCUT2D eigenvalue weighted by atomic mass is 16.3. The third-order valence-electron chi connectivity index (χ3n) is 2.56. The number of β-amino-alcohol motifs (C(OH)–C–C–N with tert-alkyl or cyclic N) is 1. The summed E-state index contributed by atoms with van der Waals surface area (Å²) in [5, 5.41) is 11.8. The van der Waals surface area contributed by atoms with E-state index in [1.807, 2.05) is 13.8 Å². The van der Waals surface area contributed by atoms with Crippen molar-refractivity contribution in [2.45, 2.75) is 26.3 Å². The van der Waals surface area contributed by atoms with Crippen LogP contribution < -0.4 is 5.32 Å². The van der Waals surface area contributed by atoms with Crippen molar-refractivity contribution in [1.82, 2.24) is 10.2 Å². The average Bonchev–Trinajstić information content (AvgIpc) is 2.53. The lowest BCUT2D eigenvalue weighted by Crippen LogP contribution is -2.39. The maximum atomic E-state index is 11.4. The lowest BCUT2D eigenvalue weighted by Gasteiger charge is -2.16. The molecule has 0 bridgehead atoms. The van der Waals surface area contributed by atoms with Crippen molar-refractivity contribution in [2.75, 3.05) is 26.2 Å². The Morgan fingerprint density at radius 2 is 2.36 bits per heavy atom. The minimum absolute atomic E-state index is 0.0573. The predicted molar refractivity (Wildman–Crippen MR) is 54.9 cm³/mol. The first kappa shape index (κ1) is 11.5. The van der Waals surface area contributed by atoms with E-state index in [0.717, 1.165) is 19.5 Å². The van der Waals surface area contributed by atoms with Gasteiger partial charge in [-0.1, -0.05) is 13.8 Å². The molecular formula is C10H20N2O2. The number of amides is 1. The Bertz CT molecular complexity index is 195. The molecule has 0 aromatic rings. The van der Waals surface area contributed by atoms with E-state index < -0.39 is 0 Å². The Kier molecular flexibility index (Phi) is 4.35. The molecule has 0 aliphatic carbocycles. The average molecular weight is 200 g/mol. The zero-order chi connectivity index (χ0) is 10.6. The number of nitrogens with zero attached hydrogens (tertiary/aromatic N) is 1. The van der Waals surface area contributed by atoms with E-state index in [9.17, 15) is 4.79 Å². The predicted octanol–water partition coefficient (Wildman–Crippen LogP) is -0.175. The highest BCUT2D eigenvalue weighted by molar-refractivity contribution is 5.78. The van der Waals surface area contributed by atoms with Crippen LogP contribution in [0.4, 0.5) is 0 Å². The Hall–Kier alpha value is -0.610. The van der Waals surface area contributed by atoms with E-state index in [4.69, 9.17) is 5.11 Å². The van der Waals surface area contributed by atoms with Gasteiger partial charge >= 0.3 is 0 Å². The van der Waals surface area contributed by atoms with Crippen LogP contribution in [-0.4, -0.2) is 48.2 Å². The van der Waals surface area contributed by atoms with Gasteiger partial charge < -0.3 is 10.4 Å². The van der Waals surface area contributed by atoms with Gasteiger partial charge in [0.2, 0.25) is 5.91 Å². The highest BCUT2D eigenvalue weighted by Gasteiger charge is 2.23. The van der Waals surface area contributed by atoms with Gasteiger partial charge in [0, 0.05) is 31.6 Å². The number of hydrogen-bond acceptors (Lipinski definition) is 3. The molecule has 2 N–H and O–H groups in total. The first-order valence-corrected chi connectivity index (χ1v) is 5.27. The molecule has 0 aromatic heterocycles. The van der Waals surface area contributed by atoms with Gasteiger partial charge in [-0.15, -0.1) is 0 Å². The monoisotopic (exact) mass is 200 g/mol. The number of carbonyl (C=O) groups excluding carboxylic acids is 1. The molecule has 1 atom stereocenters. The van der Waals surface area contributed by atoms with Crippen LogP contribution in [-0.2, 0) is 4.79 Å². The smallest absolute Gasteiger partial charge is 0.222 e. The van der Waals surface area contributed by atoms with Crippen LogP contribution in [0, 0.1) is 5.92 Å². The summed E-state index contributed by atoms with van der Waals surface area (Å²) >= 11 is 0. The molecule has 1 aliphatic rings. The van der Waals surface area contributed by atoms with Crippen molar-refractivity contribution in [3.63, 3.8) is 0 Å². The van der Waals surface area contributed by atoms with Crippen molar-refractivity contribution >= 4 is 5.91 Å². The molecule has 0 unspecified atom stereocenters. The standard InChI is InChI=1S/C10H20N2O2/c1-8(2)10(14)11-9-3-4-12(7-9)5-6-13/h8-9,13H,3-7H2,1-2H3,(H,11,14)/t9-/m0/s1. The van der Waals surface area contributed by atoms with Crippen LogP contribution >= 0.6 is 0 Å². The number of hydrogen-bond donors (Lipinski definition) is 2. The van der Waals surface area contributed by atoms with Crippen LogP contribution in [0.3, 0.4) is 0 Å². The largest absolute Gasteiger partial charge is 0.395 e. The van der Waals surface area contributed by atoms with Crippen LogP contribution in [0.2, 0.25) is 0 Å². The first-order valence-electron chi connectivity index (χ1n) is 5.27. The first-order chi connectivity index (χ1) is 6.63. The van der Waals surface area contributed by atoms with Gasteiger partial charge in [-0.05, 0) is 6.42 Å². The number of aliphatic hydroxyl groups is 1. The normalized spacial score (nSPS) is 23.0. The molecule has 1 fully saturated rings. The van der Waals surface area contributed by atoms with Crippen molar-refractivity contribution in [3.05, 3.63) is 0 Å². The van der Waals surface area contributed by atoms with Crippen molar-refractivity contribution in [1.29, 1.82) is 0 Å². The SMILES string of the molecule is CC(C)C(=O)N[C@H]1CCN(CCO)C1. The summed E-state index contributed by atoms with van der Waals surface area (Å²) in [6.07, 6.45) is 0.998. The van der Waals surface area contributed by atoms with Gasteiger partial charge in [0.05, 0.1) is 6.61 Å². The summed E-state index contributed by atoms with van der Waals surface area (Å²) in [5.74, 6) is 0.183. The topological polar surface area (TPSA) is 52.6 Å². The second-order valence-corrected chi connectivity index (χ2v) is 4.17. The van der Waals surface area contributed by atoms with E-state index >= 15 is 0 Å². The minimum atomic E-state index is 0.0573. The molecule has 4 nitrogen and oxygen atoms in total. The molecule has 0 radical (unpaired) electrons. The highest BCUT2D eigenvalue weighted by Crippen LogP contribution is 2.08. The van der Waals surface area contributed by atoms with Gasteiger partial charge in [-0.25, -0.2) is 0 Å². The molecule has 14 heavy (non-hydrogen) atoms. The zero-order valence-electron chi connectivity index (χ0n) is 8.99. The van der Waals surface area contributed by atoms with E-state index in [1.54, 1.807) is 0 Å². The van der Waals surface area contributed by atoms with E-state index in [1.165, 1.54) is 0 Å². The molecule has 0 aromatic carbocycles. The van der Waals surface area contributed by atoms with Gasteiger partial charge in [-0.3, -0.25) is 9.69 Å². The fraction of sp³-hybridized carbons (Fsp3) is 0.900. The molecule has 1 amide bonds. The molecule has 82 valence electrons. The second kappa shape index (κ2) is 5.32. The maximum absolute atomic E-state index is 11.4. The van der Waals surface area contributed by atoms with E-state index in [2.05, 4.69) is 10.2 Å². The van der Waals surface area contributed by atoms with E-state index in [0.29, 0.717) is 6.54 Å². The van der Waals surface area contributed by atoms with Gasteiger partial charge in [-0.2, -0.15) is 0 Å². The third kappa shape index (κ3) is 3.27. The van der Waals surface area contributed by atoms with Gasteiger partial charge in [0.25, 0.3) is 0 Å². The van der Waals surface area contributed by atoms with Gasteiger partial charge in [0.1, 0.15) is 0 Å². The number of rotatable bonds is 4. The third-order valence-corrected chi connectivity index (χ3v) is 2.56. The number of likely N-dealkylation sites (tertiary alicyclic amines) is 1. The molecule has 4 heteroatoms. The fourth-order valence-electron chi connectivity index (χ4n) is 1.66. The summed E-state index contributed by atoms with van der Waals surface area (Å²) in [4.78, 5) is 13.6. The maximum Gasteiger partial charge on any atom is 0.222 e. The minimum Gasteiger partial charge on any atom is -0.395 e. The Morgan fingerprint density at radius 3 is 2.93 bits per heavy atom. The summed E-state index contributed by atoms with van der Waals surface area (Å²) in [5.41, 5.74) is 0. The van der Waals surface area contributed by atoms with Crippen molar-refractivity contribution < 1.29 is 9.90 Å². The van der Waals surface area contributed by atoms with Crippen LogP contribution in [0.25, 0.3) is 0 Å². The zero-order valence-corrected chi connectivity index (χ0v) is 8.99. The van der Waals surface area contributed by atoms with Crippen LogP contribution in [0.1, 0.15) is 20.3 Å². The van der Waals surface area contributed by atoms with Gasteiger partial charge in [0.15, 0.2) is 0 Å². The Balaban J connectivity index is 2.25. The van der Waals surface area contributed by atoms with Crippen molar-refractivity contribution in [3.8, 4) is 0 Å². The van der Waals surface area contributed by atoms with Crippen molar-refractivity contribution in [2.24, 2.45) is 5.92 Å². The quantitative estimate of drug-likeness (QED) is 0.662. The summed E-state index contributed by atoms with van der Waals surface area (Å²) in [6, 6.07) is 0.274.